The summed E-state index contributed by atoms with van der Waals surface area (Å²) in [5.41, 5.74) is 2.27. The summed E-state index contributed by atoms with van der Waals surface area (Å²) in [6.45, 7) is 6.14. The van der Waals surface area contributed by atoms with Gasteiger partial charge < -0.3 is 15.0 Å². The molecule has 29 heavy (non-hydrogen) atoms. The van der Waals surface area contributed by atoms with E-state index in [9.17, 15) is 9.59 Å². The summed E-state index contributed by atoms with van der Waals surface area (Å²) in [5.74, 6) is 1.58. The number of para-hydroxylation sites is 1. The average Bonchev–Trinajstić information content (AvgIpc) is 2.74. The fourth-order valence-corrected chi connectivity index (χ4v) is 4.54. The van der Waals surface area contributed by atoms with Crippen molar-refractivity contribution in [3.05, 3.63) is 29.3 Å². The van der Waals surface area contributed by atoms with Gasteiger partial charge in [-0.15, -0.1) is 0 Å². The number of likely N-dealkylation sites (tertiary alicyclic amines) is 1. The van der Waals surface area contributed by atoms with Gasteiger partial charge in [-0.2, -0.15) is 0 Å². The fraction of sp³-hybridized carbons (Fsp3) is 0.667. The molecule has 0 aromatic heterocycles. The van der Waals surface area contributed by atoms with Gasteiger partial charge in [0.25, 0.3) is 0 Å². The third-order valence-electron chi connectivity index (χ3n) is 6.36. The molecule has 0 spiro atoms. The van der Waals surface area contributed by atoms with Crippen LogP contribution in [0.5, 0.6) is 5.75 Å². The lowest BCUT2D eigenvalue weighted by Crippen LogP contribution is -2.48. The van der Waals surface area contributed by atoms with Crippen LogP contribution in [0.1, 0.15) is 68.9 Å². The van der Waals surface area contributed by atoms with Crippen molar-refractivity contribution in [2.75, 3.05) is 19.7 Å². The number of hydrogen-bond acceptors (Lipinski definition) is 3. The van der Waals surface area contributed by atoms with Crippen molar-refractivity contribution in [1.29, 1.82) is 0 Å². The molecule has 5 heteroatoms. The van der Waals surface area contributed by atoms with Crippen LogP contribution in [0.15, 0.2) is 18.2 Å². The Morgan fingerprint density at radius 2 is 1.69 bits per heavy atom. The Labute approximate surface area is 175 Å². The van der Waals surface area contributed by atoms with E-state index in [0.29, 0.717) is 13.0 Å². The third-order valence-corrected chi connectivity index (χ3v) is 6.36. The van der Waals surface area contributed by atoms with Gasteiger partial charge >= 0.3 is 0 Å². The van der Waals surface area contributed by atoms with E-state index in [1.165, 1.54) is 19.3 Å². The minimum absolute atomic E-state index is 0.201. The molecule has 2 fully saturated rings. The molecule has 2 aliphatic rings. The highest BCUT2D eigenvalue weighted by Gasteiger charge is 2.27. The molecule has 3 rings (SSSR count). The number of nitrogens with zero attached hydrogens (tertiary/aromatic N) is 1. The maximum Gasteiger partial charge on any atom is 0.223 e. The first-order valence-corrected chi connectivity index (χ1v) is 11.3. The Balaban J connectivity index is 1.33. The van der Waals surface area contributed by atoms with Gasteiger partial charge in [-0.3, -0.25) is 9.59 Å². The zero-order valence-electron chi connectivity index (χ0n) is 18.0. The van der Waals surface area contributed by atoms with Gasteiger partial charge in [0.2, 0.25) is 11.8 Å². The third kappa shape index (κ3) is 6.22. The first-order chi connectivity index (χ1) is 14.0. The lowest BCUT2D eigenvalue weighted by Gasteiger charge is -2.33. The highest BCUT2D eigenvalue weighted by atomic mass is 16.5. The van der Waals surface area contributed by atoms with Crippen molar-refractivity contribution in [1.82, 2.24) is 10.2 Å². The quantitative estimate of drug-likeness (QED) is 0.700. The average molecular weight is 401 g/mol. The van der Waals surface area contributed by atoms with Gasteiger partial charge in [0.1, 0.15) is 5.75 Å². The predicted octanol–water partition coefficient (Wildman–Crippen LogP) is 4.15. The number of carbonyl (C=O) groups excluding carboxylic acids is 2. The van der Waals surface area contributed by atoms with Crippen LogP contribution in [0, 0.1) is 19.8 Å². The summed E-state index contributed by atoms with van der Waals surface area (Å²) in [5, 5.41) is 3.23. The van der Waals surface area contributed by atoms with E-state index in [1.807, 2.05) is 36.9 Å². The molecule has 1 heterocycles. The van der Waals surface area contributed by atoms with Crippen LogP contribution in [0.3, 0.4) is 0 Å². The number of hydrogen-bond donors (Lipinski definition) is 1. The van der Waals surface area contributed by atoms with Crippen LogP contribution in [0.2, 0.25) is 0 Å². The van der Waals surface area contributed by atoms with E-state index in [0.717, 1.165) is 62.1 Å². The Hall–Kier alpha value is -2.04. The number of ether oxygens (including phenoxy) is 1. The molecule has 1 aromatic rings. The smallest absolute Gasteiger partial charge is 0.223 e. The maximum absolute atomic E-state index is 12.5. The molecule has 1 aliphatic carbocycles. The molecule has 0 unspecified atom stereocenters. The molecule has 1 saturated carbocycles. The second-order valence-corrected chi connectivity index (χ2v) is 8.67. The van der Waals surface area contributed by atoms with Crippen LogP contribution in [0.25, 0.3) is 0 Å². The molecular weight excluding hydrogens is 364 g/mol. The molecule has 1 aromatic carbocycles. The van der Waals surface area contributed by atoms with Crippen molar-refractivity contribution in [2.45, 2.75) is 77.7 Å². The predicted molar refractivity (Wildman–Crippen MR) is 115 cm³/mol. The lowest BCUT2D eigenvalue weighted by atomic mass is 9.88. The summed E-state index contributed by atoms with van der Waals surface area (Å²) in [6.07, 6.45) is 8.66. The minimum atomic E-state index is 0.201. The Morgan fingerprint density at radius 1 is 1.03 bits per heavy atom. The van der Waals surface area contributed by atoms with Gasteiger partial charge in [0, 0.05) is 31.5 Å². The highest BCUT2D eigenvalue weighted by molar-refractivity contribution is 5.79. The second kappa shape index (κ2) is 10.7. The van der Waals surface area contributed by atoms with Gasteiger partial charge in [-0.05, 0) is 57.1 Å². The minimum Gasteiger partial charge on any atom is -0.493 e. The fourth-order valence-electron chi connectivity index (χ4n) is 4.54. The Bertz CT molecular complexity index is 669. The standard InChI is InChI=1S/C24H36N2O3/c1-18-8-6-9-19(2)23(18)29-17-7-12-22(27)26-15-13-21(14-16-26)25-24(28)20-10-4-3-5-11-20/h6,8-9,20-21H,3-5,7,10-17H2,1-2H3,(H,25,28). The van der Waals surface area contributed by atoms with E-state index < -0.39 is 0 Å². The van der Waals surface area contributed by atoms with E-state index in [1.54, 1.807) is 0 Å². The van der Waals surface area contributed by atoms with Crippen LogP contribution >= 0.6 is 0 Å². The van der Waals surface area contributed by atoms with Crippen molar-refractivity contribution in [3.8, 4) is 5.75 Å². The van der Waals surface area contributed by atoms with Crippen molar-refractivity contribution in [2.24, 2.45) is 5.92 Å². The van der Waals surface area contributed by atoms with Crippen LogP contribution in [-0.4, -0.2) is 42.5 Å². The summed E-state index contributed by atoms with van der Waals surface area (Å²) in [6, 6.07) is 6.35. The highest BCUT2D eigenvalue weighted by Crippen LogP contribution is 2.25. The maximum atomic E-state index is 12.5. The molecule has 1 N–H and O–H groups in total. The molecule has 2 amide bonds. The number of amides is 2. The van der Waals surface area contributed by atoms with Gasteiger partial charge in [0.05, 0.1) is 6.61 Å². The van der Waals surface area contributed by atoms with E-state index in [4.69, 9.17) is 4.74 Å². The normalized spacial score (nSPS) is 18.5. The largest absolute Gasteiger partial charge is 0.493 e. The van der Waals surface area contributed by atoms with Crippen molar-refractivity contribution < 1.29 is 14.3 Å². The first kappa shape index (κ1) is 21.7. The van der Waals surface area contributed by atoms with E-state index in [2.05, 4.69) is 5.32 Å². The van der Waals surface area contributed by atoms with Gasteiger partial charge in [-0.25, -0.2) is 0 Å². The number of aryl methyl sites for hydroxylation is 2. The summed E-state index contributed by atoms with van der Waals surface area (Å²) in [7, 11) is 0. The lowest BCUT2D eigenvalue weighted by molar-refractivity contribution is -0.132. The first-order valence-electron chi connectivity index (χ1n) is 11.3. The topological polar surface area (TPSA) is 58.6 Å². The van der Waals surface area contributed by atoms with Gasteiger partial charge in [0.15, 0.2) is 0 Å². The Morgan fingerprint density at radius 3 is 2.34 bits per heavy atom. The van der Waals surface area contributed by atoms with Crippen LogP contribution in [-0.2, 0) is 9.59 Å². The molecule has 160 valence electrons. The SMILES string of the molecule is Cc1cccc(C)c1OCCCC(=O)N1CCC(NC(=O)C2CCCCC2)CC1. The number of carbonyl (C=O) groups is 2. The van der Waals surface area contributed by atoms with Gasteiger partial charge in [-0.1, -0.05) is 37.5 Å². The molecule has 0 atom stereocenters. The summed E-state index contributed by atoms with van der Waals surface area (Å²) >= 11 is 0. The zero-order valence-corrected chi connectivity index (χ0v) is 18.0. The summed E-state index contributed by atoms with van der Waals surface area (Å²) in [4.78, 5) is 26.9. The number of benzene rings is 1. The monoisotopic (exact) mass is 400 g/mol. The van der Waals surface area contributed by atoms with E-state index in [-0.39, 0.29) is 23.8 Å². The number of rotatable bonds is 7. The summed E-state index contributed by atoms with van der Waals surface area (Å²) < 4.78 is 5.91. The second-order valence-electron chi connectivity index (χ2n) is 8.67. The van der Waals surface area contributed by atoms with Crippen molar-refractivity contribution >= 4 is 11.8 Å². The molecule has 1 saturated heterocycles. The van der Waals surface area contributed by atoms with Crippen LogP contribution in [0.4, 0.5) is 0 Å². The molecule has 0 radical (unpaired) electrons. The van der Waals surface area contributed by atoms with E-state index >= 15 is 0 Å². The molecule has 1 aliphatic heterocycles. The Kier molecular flexibility index (Phi) is 7.96. The molecular formula is C24H36N2O3. The van der Waals surface area contributed by atoms with Crippen LogP contribution < -0.4 is 10.1 Å². The van der Waals surface area contributed by atoms with Crippen molar-refractivity contribution in [3.63, 3.8) is 0 Å². The molecule has 0 bridgehead atoms. The molecule has 5 nitrogen and oxygen atoms in total. The number of piperidine rings is 1. The number of nitrogens with one attached hydrogen (secondary N) is 1. The zero-order chi connectivity index (χ0) is 20.6.